The molecular formula is C24H31FN6O3. The highest BCUT2D eigenvalue weighted by Gasteiger charge is 2.32. The second-order valence-corrected chi connectivity index (χ2v) is 8.02. The number of rotatable bonds is 9. The highest BCUT2D eigenvalue weighted by molar-refractivity contribution is 5.90. The molecule has 0 saturated carbocycles. The molecule has 1 aliphatic carbocycles. The van der Waals surface area contributed by atoms with Crippen LogP contribution in [-0.2, 0) is 9.53 Å². The lowest BCUT2D eigenvalue weighted by molar-refractivity contribution is -0.119. The third-order valence-electron chi connectivity index (χ3n) is 5.50. The van der Waals surface area contributed by atoms with Crippen molar-refractivity contribution in [2.24, 2.45) is 11.6 Å². The van der Waals surface area contributed by atoms with E-state index < -0.39 is 18.0 Å². The Hall–Kier alpha value is -3.63. The number of allylic oxidation sites excluding steroid dienone is 5. The number of halogens is 1. The molecule has 2 aliphatic rings. The van der Waals surface area contributed by atoms with Gasteiger partial charge in [-0.1, -0.05) is 29.9 Å². The van der Waals surface area contributed by atoms with Crippen molar-refractivity contribution in [3.63, 3.8) is 0 Å². The Labute approximate surface area is 198 Å². The van der Waals surface area contributed by atoms with E-state index in [9.17, 15) is 9.59 Å². The minimum atomic E-state index is -0.560. The first-order chi connectivity index (χ1) is 16.4. The van der Waals surface area contributed by atoms with Gasteiger partial charge in [-0.2, -0.15) is 0 Å². The van der Waals surface area contributed by atoms with Crippen LogP contribution in [0, 0.1) is 5.82 Å². The second-order valence-electron chi connectivity index (χ2n) is 8.02. The molecule has 1 saturated heterocycles. The topological polar surface area (TPSA) is 135 Å². The van der Waals surface area contributed by atoms with E-state index >= 15 is 4.39 Å². The third kappa shape index (κ3) is 6.69. The van der Waals surface area contributed by atoms with Gasteiger partial charge >= 0.3 is 6.09 Å². The summed E-state index contributed by atoms with van der Waals surface area (Å²) in [7, 11) is 0. The SMILES string of the molecule is CC(=O)NCC1CN(c2ccc(C3=CC/C=C(/CNC/C(=C/N)NN)C/C=C\3)c(F)c2)C(=O)O1. The number of benzene rings is 1. The Morgan fingerprint density at radius 3 is 2.88 bits per heavy atom. The number of nitrogens with zero attached hydrogens (tertiary/aromatic N) is 1. The number of nitrogens with one attached hydrogen (secondary N) is 3. The predicted molar refractivity (Wildman–Crippen MR) is 130 cm³/mol. The number of nitrogens with two attached hydrogens (primary N) is 2. The highest BCUT2D eigenvalue weighted by Crippen LogP contribution is 2.28. The first kappa shape index (κ1) is 25.0. The van der Waals surface area contributed by atoms with Gasteiger partial charge < -0.3 is 26.5 Å². The van der Waals surface area contributed by atoms with Crippen molar-refractivity contribution < 1.29 is 18.7 Å². The maximum atomic E-state index is 15.0. The summed E-state index contributed by atoms with van der Waals surface area (Å²) in [5.74, 6) is 4.74. The van der Waals surface area contributed by atoms with Crippen LogP contribution in [0.15, 0.2) is 60.0 Å². The molecule has 1 heterocycles. The average molecular weight is 471 g/mol. The maximum Gasteiger partial charge on any atom is 0.414 e. The number of carbonyl (C=O) groups is 2. The number of hydrogen-bond acceptors (Lipinski definition) is 7. The zero-order valence-corrected chi connectivity index (χ0v) is 19.1. The molecule has 3 rings (SSSR count). The minimum absolute atomic E-state index is 0.203. The Morgan fingerprint density at radius 1 is 1.35 bits per heavy atom. The van der Waals surface area contributed by atoms with Gasteiger partial charge in [0.05, 0.1) is 24.5 Å². The Morgan fingerprint density at radius 2 is 2.18 bits per heavy atom. The van der Waals surface area contributed by atoms with Crippen molar-refractivity contribution >= 4 is 23.3 Å². The van der Waals surface area contributed by atoms with Crippen LogP contribution in [0.2, 0.25) is 0 Å². The average Bonchev–Trinajstić information content (AvgIpc) is 3.17. The normalized spacial score (nSPS) is 21.0. The first-order valence-electron chi connectivity index (χ1n) is 11.1. The van der Waals surface area contributed by atoms with Gasteiger partial charge in [0, 0.05) is 31.8 Å². The number of cyclic esters (lactones) is 1. The molecule has 34 heavy (non-hydrogen) atoms. The summed E-state index contributed by atoms with van der Waals surface area (Å²) in [5, 5.41) is 5.90. The first-order valence-corrected chi connectivity index (χ1v) is 11.1. The molecule has 1 fully saturated rings. The van der Waals surface area contributed by atoms with E-state index in [4.69, 9.17) is 16.3 Å². The van der Waals surface area contributed by atoms with Gasteiger partial charge in [0.15, 0.2) is 0 Å². The van der Waals surface area contributed by atoms with Gasteiger partial charge in [0.25, 0.3) is 0 Å². The lowest BCUT2D eigenvalue weighted by atomic mass is 9.99. The summed E-state index contributed by atoms with van der Waals surface area (Å²) in [6.45, 7) is 3.07. The number of hydrogen-bond donors (Lipinski definition) is 5. The molecule has 9 nitrogen and oxygen atoms in total. The molecule has 1 aromatic rings. The second kappa shape index (κ2) is 12.0. The summed E-state index contributed by atoms with van der Waals surface area (Å²) >= 11 is 0. The van der Waals surface area contributed by atoms with E-state index in [1.807, 2.05) is 18.2 Å². The van der Waals surface area contributed by atoms with Crippen molar-refractivity contribution in [3.05, 3.63) is 71.4 Å². The highest BCUT2D eigenvalue weighted by atomic mass is 19.1. The summed E-state index contributed by atoms with van der Waals surface area (Å²) in [5.41, 5.74) is 11.6. The standard InChI is InChI=1S/C24H31FN6O3/c1-16(32)29-14-21-15-31(24(33)34-21)20-8-9-22(23(25)10-20)18-6-2-4-17(5-3-7-18)12-28-13-19(11-26)30-27/h2,5-11,21,28,30H,3-4,12-15,26-27H2,1H3,(H,29,32)/b6-2-,17-5+,18-7?,19-11-. The molecule has 0 bridgehead atoms. The Balaban J connectivity index is 1.63. The van der Waals surface area contributed by atoms with E-state index in [0.29, 0.717) is 36.5 Å². The number of hydrazine groups is 1. The van der Waals surface area contributed by atoms with E-state index in [2.05, 4.69) is 22.1 Å². The van der Waals surface area contributed by atoms with E-state index in [-0.39, 0.29) is 19.0 Å². The molecule has 7 N–H and O–H groups in total. The third-order valence-corrected chi connectivity index (χ3v) is 5.50. The molecule has 2 amide bonds. The quantitative estimate of drug-likeness (QED) is 0.211. The Bertz CT molecular complexity index is 1030. The van der Waals surface area contributed by atoms with Crippen LogP contribution in [0.3, 0.4) is 0 Å². The van der Waals surface area contributed by atoms with E-state index in [0.717, 1.165) is 12.0 Å². The molecule has 1 unspecified atom stereocenters. The van der Waals surface area contributed by atoms with Gasteiger partial charge in [-0.15, -0.1) is 0 Å². The van der Waals surface area contributed by atoms with Gasteiger partial charge in [-0.25, -0.2) is 9.18 Å². The van der Waals surface area contributed by atoms with Crippen LogP contribution in [0.5, 0.6) is 0 Å². The van der Waals surface area contributed by atoms with Gasteiger partial charge in [0.1, 0.15) is 11.9 Å². The van der Waals surface area contributed by atoms with Crippen LogP contribution < -0.4 is 32.5 Å². The van der Waals surface area contributed by atoms with Gasteiger partial charge in [-0.3, -0.25) is 15.5 Å². The lowest BCUT2D eigenvalue weighted by Crippen LogP contribution is -2.33. The van der Waals surface area contributed by atoms with Crippen molar-refractivity contribution in [1.29, 1.82) is 0 Å². The van der Waals surface area contributed by atoms with Crippen LogP contribution in [0.4, 0.5) is 14.9 Å². The summed E-state index contributed by atoms with van der Waals surface area (Å²) in [4.78, 5) is 24.7. The minimum Gasteiger partial charge on any atom is -0.442 e. The molecular weight excluding hydrogens is 439 g/mol. The van der Waals surface area contributed by atoms with Gasteiger partial charge in [0.2, 0.25) is 5.91 Å². The largest absolute Gasteiger partial charge is 0.442 e. The summed E-state index contributed by atoms with van der Waals surface area (Å²) < 4.78 is 20.3. The zero-order chi connectivity index (χ0) is 24.5. The Kier molecular flexibility index (Phi) is 8.83. The van der Waals surface area contributed by atoms with E-state index in [1.165, 1.54) is 29.7 Å². The van der Waals surface area contributed by atoms with Crippen LogP contribution in [0.25, 0.3) is 5.57 Å². The molecule has 0 radical (unpaired) electrons. The number of ether oxygens (including phenoxy) is 1. The smallest absolute Gasteiger partial charge is 0.414 e. The van der Waals surface area contributed by atoms with Gasteiger partial charge in [-0.05, 0) is 36.6 Å². The molecule has 0 aromatic heterocycles. The van der Waals surface area contributed by atoms with Crippen LogP contribution >= 0.6 is 0 Å². The zero-order valence-electron chi connectivity index (χ0n) is 19.1. The number of amides is 2. The molecule has 1 atom stereocenters. The van der Waals surface area contributed by atoms with Crippen molar-refractivity contribution in [2.45, 2.75) is 25.9 Å². The summed E-state index contributed by atoms with van der Waals surface area (Å²) in [6.07, 6.45) is 9.76. The number of anilines is 1. The monoisotopic (exact) mass is 470 g/mol. The van der Waals surface area contributed by atoms with E-state index in [1.54, 1.807) is 12.1 Å². The molecule has 1 aromatic carbocycles. The van der Waals surface area contributed by atoms with Crippen LogP contribution in [-0.4, -0.2) is 44.3 Å². The molecule has 1 aliphatic heterocycles. The van der Waals surface area contributed by atoms with Crippen molar-refractivity contribution in [1.82, 2.24) is 16.1 Å². The van der Waals surface area contributed by atoms with Crippen molar-refractivity contribution in [3.8, 4) is 0 Å². The molecule has 182 valence electrons. The molecule has 10 heteroatoms. The lowest BCUT2D eigenvalue weighted by Gasteiger charge is -2.15. The fourth-order valence-electron chi connectivity index (χ4n) is 3.70. The fourth-order valence-corrected chi connectivity index (χ4v) is 3.70. The predicted octanol–water partition coefficient (Wildman–Crippen LogP) is 1.80. The maximum absolute atomic E-state index is 15.0. The van der Waals surface area contributed by atoms with Crippen LogP contribution in [0.1, 0.15) is 25.3 Å². The fraction of sp³-hybridized carbons (Fsp3) is 0.333. The molecule has 0 spiro atoms. The number of carbonyl (C=O) groups excluding carboxylic acids is 2. The summed E-state index contributed by atoms with van der Waals surface area (Å²) in [6, 6.07) is 4.71. The van der Waals surface area contributed by atoms with Crippen molar-refractivity contribution in [2.75, 3.05) is 31.1 Å².